The first-order chi connectivity index (χ1) is 14.8. The van der Waals surface area contributed by atoms with Gasteiger partial charge in [0, 0.05) is 54.8 Å². The molecule has 2 aromatic rings. The molecule has 1 aliphatic carbocycles. The number of aromatic nitrogens is 1. The van der Waals surface area contributed by atoms with E-state index in [9.17, 15) is 10.1 Å². The van der Waals surface area contributed by atoms with Crippen LogP contribution in [0, 0.1) is 23.2 Å². The Hall–Kier alpha value is -2.04. The second-order valence-electron chi connectivity index (χ2n) is 9.94. The molecule has 1 saturated carbocycles. The zero-order valence-corrected chi connectivity index (χ0v) is 19.0. The third-order valence-corrected chi connectivity index (χ3v) is 8.62. The predicted octanol–water partition coefficient (Wildman–Crippen LogP) is 3.02. The average Bonchev–Trinajstić information content (AvgIpc) is 3.00. The fraction of sp³-hybridized carbons (Fsp3) is 0.542. The molecule has 158 valence electrons. The van der Waals surface area contributed by atoms with E-state index >= 15 is 0 Å². The number of carbonyl (C=O) groups is 1. The number of carbonyl (C=O) groups excluding carboxylic acids is 1. The first-order valence-corrected chi connectivity index (χ1v) is 11.5. The highest BCUT2D eigenvalue weighted by Crippen LogP contribution is 2.75. The molecular formula is C24H27BN4OS. The zero-order valence-electron chi connectivity index (χ0n) is 18.1. The molecule has 2 saturated heterocycles. The van der Waals surface area contributed by atoms with Gasteiger partial charge in [-0.2, -0.15) is 17.9 Å². The summed E-state index contributed by atoms with van der Waals surface area (Å²) in [5.41, 5.74) is 2.50. The molecule has 4 unspecified atom stereocenters. The summed E-state index contributed by atoms with van der Waals surface area (Å²) in [6.07, 6.45) is 3.10. The Morgan fingerprint density at radius 3 is 2.87 bits per heavy atom. The molecule has 5 atom stereocenters. The molecule has 2 radical (unpaired) electrons. The van der Waals surface area contributed by atoms with Gasteiger partial charge in [-0.3, -0.25) is 9.78 Å². The van der Waals surface area contributed by atoms with Crippen LogP contribution in [0.5, 0.6) is 0 Å². The molecule has 5 rings (SSSR count). The Bertz CT molecular complexity index is 1100. The van der Waals surface area contributed by atoms with Gasteiger partial charge in [0.25, 0.3) is 0 Å². The molecule has 2 aliphatic heterocycles. The van der Waals surface area contributed by atoms with Crippen LogP contribution < -0.4 is 0 Å². The molecule has 1 aromatic heterocycles. The van der Waals surface area contributed by atoms with Crippen LogP contribution in [0.3, 0.4) is 0 Å². The lowest BCUT2D eigenvalue weighted by Gasteiger charge is -2.38. The number of benzene rings is 1. The fourth-order valence-corrected chi connectivity index (χ4v) is 6.84. The average molecular weight is 430 g/mol. The molecule has 7 heteroatoms. The highest BCUT2D eigenvalue weighted by Gasteiger charge is 2.74. The van der Waals surface area contributed by atoms with Gasteiger partial charge in [0.2, 0.25) is 5.91 Å². The van der Waals surface area contributed by atoms with E-state index in [4.69, 9.17) is 20.5 Å². The fourth-order valence-electron chi connectivity index (χ4n) is 6.12. The van der Waals surface area contributed by atoms with E-state index in [0.29, 0.717) is 24.4 Å². The minimum Gasteiger partial charge on any atom is -0.342 e. The van der Waals surface area contributed by atoms with Gasteiger partial charge in [0.1, 0.15) is 6.07 Å². The smallest absolute Gasteiger partial charge is 0.222 e. The number of hydrogen-bond donors (Lipinski definition) is 1. The van der Waals surface area contributed by atoms with E-state index in [1.807, 2.05) is 29.2 Å². The minimum absolute atomic E-state index is 0.139. The van der Waals surface area contributed by atoms with Crippen LogP contribution in [-0.4, -0.2) is 66.5 Å². The zero-order chi connectivity index (χ0) is 22.0. The Kier molecular flexibility index (Phi) is 4.87. The summed E-state index contributed by atoms with van der Waals surface area (Å²) in [5.74, 6) is 1.04. The van der Waals surface area contributed by atoms with Crippen molar-refractivity contribution in [3.63, 3.8) is 0 Å². The SMILES string of the molecule is [B]C1(CC(=O)N2CC(C)CC(c3ccc(C#N)c4ncccc34)C2)C2CN(C)C[C@]21S. The summed E-state index contributed by atoms with van der Waals surface area (Å²) in [6, 6.07) is 10.1. The second-order valence-corrected chi connectivity index (χ2v) is 10.7. The highest BCUT2D eigenvalue weighted by atomic mass is 32.1. The van der Waals surface area contributed by atoms with E-state index < -0.39 is 5.31 Å². The minimum atomic E-state index is -0.499. The maximum Gasteiger partial charge on any atom is 0.222 e. The largest absolute Gasteiger partial charge is 0.342 e. The molecule has 3 aliphatic rings. The van der Waals surface area contributed by atoms with Crippen LogP contribution in [0.4, 0.5) is 0 Å². The molecule has 0 N–H and O–H groups in total. The summed E-state index contributed by atoms with van der Waals surface area (Å²) >= 11 is 4.88. The molecule has 5 nitrogen and oxygen atoms in total. The van der Waals surface area contributed by atoms with E-state index in [2.05, 4.69) is 29.9 Å². The first kappa shape index (κ1) is 20.8. The topological polar surface area (TPSA) is 60.2 Å². The van der Waals surface area contributed by atoms with Crippen molar-refractivity contribution in [2.75, 3.05) is 33.2 Å². The standard InChI is InChI=1S/C24H27BN4OS/c1-15-8-17(18-6-5-16(10-26)22-19(18)4-3-7-27-22)12-29(11-15)21(30)9-23(25)20-13-28(2)14-24(20,23)31/h3-7,15,17,20,31H,8-9,11-14H2,1-2H3/t15?,17?,20?,23?,24-/m0/s1. The van der Waals surface area contributed by atoms with Gasteiger partial charge < -0.3 is 9.80 Å². The summed E-state index contributed by atoms with van der Waals surface area (Å²) in [7, 11) is 8.78. The number of pyridine rings is 1. The number of thiol groups is 1. The van der Waals surface area contributed by atoms with Crippen LogP contribution in [0.25, 0.3) is 10.9 Å². The molecule has 0 bridgehead atoms. The Morgan fingerprint density at radius 1 is 1.35 bits per heavy atom. The number of fused-ring (bicyclic) bond motifs is 2. The normalized spacial score (nSPS) is 35.0. The maximum absolute atomic E-state index is 13.3. The third kappa shape index (κ3) is 3.18. The Labute approximate surface area is 190 Å². The highest BCUT2D eigenvalue weighted by molar-refractivity contribution is 7.82. The molecule has 1 amide bonds. The number of hydrogen-bond acceptors (Lipinski definition) is 5. The van der Waals surface area contributed by atoms with Crippen LogP contribution in [0.15, 0.2) is 30.5 Å². The van der Waals surface area contributed by atoms with E-state index in [1.54, 1.807) is 6.20 Å². The van der Waals surface area contributed by atoms with Gasteiger partial charge in [0.15, 0.2) is 0 Å². The monoisotopic (exact) mass is 430 g/mol. The maximum atomic E-state index is 13.3. The molecule has 3 fully saturated rings. The van der Waals surface area contributed by atoms with Gasteiger partial charge >= 0.3 is 0 Å². The number of nitriles is 1. The summed E-state index contributed by atoms with van der Waals surface area (Å²) in [4.78, 5) is 22.0. The predicted molar refractivity (Wildman–Crippen MR) is 125 cm³/mol. The third-order valence-electron chi connectivity index (χ3n) is 7.75. The van der Waals surface area contributed by atoms with Crippen LogP contribution >= 0.6 is 12.6 Å². The molecule has 1 aromatic carbocycles. The Morgan fingerprint density at radius 2 is 2.16 bits per heavy atom. The van der Waals surface area contributed by atoms with Gasteiger partial charge in [-0.05, 0) is 48.3 Å². The van der Waals surface area contributed by atoms with Gasteiger partial charge in [0.05, 0.1) is 18.9 Å². The van der Waals surface area contributed by atoms with Crippen molar-refractivity contribution in [3.8, 4) is 6.07 Å². The lowest BCUT2D eigenvalue weighted by atomic mass is 9.74. The van der Waals surface area contributed by atoms with Crippen LogP contribution in [0.1, 0.15) is 36.8 Å². The van der Waals surface area contributed by atoms with Gasteiger partial charge in [-0.25, -0.2) is 0 Å². The van der Waals surface area contributed by atoms with Crippen molar-refractivity contribution in [2.24, 2.45) is 11.8 Å². The quantitative estimate of drug-likeness (QED) is 0.601. The van der Waals surface area contributed by atoms with Crippen molar-refractivity contribution in [2.45, 2.75) is 35.7 Å². The van der Waals surface area contributed by atoms with Crippen molar-refractivity contribution in [1.29, 1.82) is 5.26 Å². The van der Waals surface area contributed by atoms with Crippen LogP contribution in [0.2, 0.25) is 5.31 Å². The van der Waals surface area contributed by atoms with Gasteiger partial charge in [-0.15, -0.1) is 0 Å². The number of nitrogens with zero attached hydrogens (tertiary/aromatic N) is 4. The van der Waals surface area contributed by atoms with E-state index in [1.165, 1.54) is 5.56 Å². The molecule has 31 heavy (non-hydrogen) atoms. The summed E-state index contributed by atoms with van der Waals surface area (Å²) in [6.45, 7) is 5.40. The van der Waals surface area contributed by atoms with Crippen LogP contribution in [-0.2, 0) is 4.79 Å². The number of piperidine rings is 2. The van der Waals surface area contributed by atoms with Crippen molar-refractivity contribution < 1.29 is 4.79 Å². The van der Waals surface area contributed by atoms with Crippen molar-refractivity contribution in [3.05, 3.63) is 41.6 Å². The summed E-state index contributed by atoms with van der Waals surface area (Å²) < 4.78 is -0.243. The number of amides is 1. The lowest BCUT2D eigenvalue weighted by molar-refractivity contribution is -0.133. The molecule has 3 heterocycles. The second kappa shape index (κ2) is 7.25. The molecular weight excluding hydrogens is 403 g/mol. The Balaban J connectivity index is 1.38. The van der Waals surface area contributed by atoms with E-state index in [-0.39, 0.29) is 22.5 Å². The van der Waals surface area contributed by atoms with E-state index in [0.717, 1.165) is 37.0 Å². The number of rotatable bonds is 3. The van der Waals surface area contributed by atoms with Gasteiger partial charge in [-0.1, -0.05) is 19.1 Å². The lowest BCUT2D eigenvalue weighted by Crippen LogP contribution is -2.43. The number of likely N-dealkylation sites (tertiary alicyclic amines) is 2. The van der Waals surface area contributed by atoms with Crippen molar-refractivity contribution in [1.82, 2.24) is 14.8 Å². The summed E-state index contributed by atoms with van der Waals surface area (Å²) in [5, 5.41) is 9.96. The van der Waals surface area contributed by atoms with Crippen molar-refractivity contribution >= 4 is 37.3 Å². The first-order valence-electron chi connectivity index (χ1n) is 11.0. The molecule has 0 spiro atoms.